The largest absolute Gasteiger partial charge is 0.492 e. The molecule has 2 heterocycles. The average molecular weight is 341 g/mol. The predicted molar refractivity (Wildman–Crippen MR) is 87.4 cm³/mol. The number of carbonyl (C=O) groups excluding carboxylic acids is 2. The molecule has 8 nitrogen and oxygen atoms in total. The molecule has 3 aromatic rings. The van der Waals surface area contributed by atoms with Crippen LogP contribution in [-0.4, -0.2) is 29.9 Å². The van der Waals surface area contributed by atoms with E-state index in [-0.39, 0.29) is 17.5 Å². The van der Waals surface area contributed by atoms with Crippen LogP contribution in [0.3, 0.4) is 0 Å². The Bertz CT molecular complexity index is 827. The van der Waals surface area contributed by atoms with Crippen molar-refractivity contribution in [3.8, 4) is 5.75 Å². The minimum absolute atomic E-state index is 0.0504. The van der Waals surface area contributed by atoms with Crippen LogP contribution in [-0.2, 0) is 0 Å². The number of aromatic nitrogens is 1. The fraction of sp³-hybridized carbons (Fsp3) is 0.118. The highest BCUT2D eigenvalue weighted by atomic mass is 16.5. The molecule has 0 aliphatic heterocycles. The maximum absolute atomic E-state index is 12.0. The molecule has 128 valence electrons. The number of anilines is 1. The first-order chi connectivity index (χ1) is 12.2. The number of rotatable bonds is 7. The van der Waals surface area contributed by atoms with Crippen LogP contribution in [0.25, 0.3) is 0 Å². The van der Waals surface area contributed by atoms with Gasteiger partial charge in [-0.1, -0.05) is 18.2 Å². The first kappa shape index (κ1) is 16.3. The monoisotopic (exact) mass is 341 g/mol. The molecule has 8 heteroatoms. The number of furan rings is 1. The number of benzene rings is 1. The lowest BCUT2D eigenvalue weighted by Gasteiger charge is -2.06. The van der Waals surface area contributed by atoms with Crippen molar-refractivity contribution < 1.29 is 23.2 Å². The van der Waals surface area contributed by atoms with Gasteiger partial charge in [-0.3, -0.25) is 14.9 Å². The molecule has 2 amide bonds. The van der Waals surface area contributed by atoms with Crippen LogP contribution in [0.15, 0.2) is 63.8 Å². The molecule has 0 spiro atoms. The summed E-state index contributed by atoms with van der Waals surface area (Å²) in [6, 6.07) is 12.3. The predicted octanol–water partition coefficient (Wildman–Crippen LogP) is 2.33. The second kappa shape index (κ2) is 7.82. The molecule has 1 aromatic carbocycles. The van der Waals surface area contributed by atoms with E-state index in [0.29, 0.717) is 13.2 Å². The highest BCUT2D eigenvalue weighted by Crippen LogP contribution is 2.10. The second-order valence-electron chi connectivity index (χ2n) is 4.89. The van der Waals surface area contributed by atoms with E-state index < -0.39 is 11.8 Å². The summed E-state index contributed by atoms with van der Waals surface area (Å²) >= 11 is 0. The van der Waals surface area contributed by atoms with Crippen LogP contribution in [0, 0.1) is 0 Å². The Hall–Kier alpha value is -3.55. The van der Waals surface area contributed by atoms with E-state index in [4.69, 9.17) is 13.6 Å². The van der Waals surface area contributed by atoms with Gasteiger partial charge in [0.15, 0.2) is 11.5 Å². The number of hydrogen-bond donors (Lipinski definition) is 2. The third-order valence-electron chi connectivity index (χ3n) is 3.10. The van der Waals surface area contributed by atoms with E-state index in [1.807, 2.05) is 30.3 Å². The maximum atomic E-state index is 12.0. The van der Waals surface area contributed by atoms with E-state index in [2.05, 4.69) is 15.6 Å². The van der Waals surface area contributed by atoms with Gasteiger partial charge in [0.25, 0.3) is 11.8 Å². The van der Waals surface area contributed by atoms with E-state index in [9.17, 15) is 9.59 Å². The Labute approximate surface area is 142 Å². The summed E-state index contributed by atoms with van der Waals surface area (Å²) in [5.74, 6) is -0.114. The fourth-order valence-corrected chi connectivity index (χ4v) is 1.94. The lowest BCUT2D eigenvalue weighted by atomic mass is 10.3. The lowest BCUT2D eigenvalue weighted by molar-refractivity contribution is 0.0940. The normalized spacial score (nSPS) is 10.2. The summed E-state index contributed by atoms with van der Waals surface area (Å²) in [5, 5.41) is 5.04. The highest BCUT2D eigenvalue weighted by Gasteiger charge is 2.15. The maximum Gasteiger partial charge on any atom is 0.302 e. The van der Waals surface area contributed by atoms with Crippen molar-refractivity contribution >= 4 is 17.8 Å². The van der Waals surface area contributed by atoms with Crippen LogP contribution in [0.2, 0.25) is 0 Å². The van der Waals surface area contributed by atoms with Crippen molar-refractivity contribution in [2.24, 2.45) is 0 Å². The van der Waals surface area contributed by atoms with Crippen molar-refractivity contribution in [2.45, 2.75) is 0 Å². The zero-order valence-corrected chi connectivity index (χ0v) is 13.1. The number of amides is 2. The van der Waals surface area contributed by atoms with Gasteiger partial charge < -0.3 is 18.9 Å². The first-order valence-electron chi connectivity index (χ1n) is 7.49. The lowest BCUT2D eigenvalue weighted by Crippen LogP contribution is -2.28. The van der Waals surface area contributed by atoms with Crippen LogP contribution < -0.4 is 15.4 Å². The summed E-state index contributed by atoms with van der Waals surface area (Å²) in [4.78, 5) is 27.6. The molecule has 0 bridgehead atoms. The Balaban J connectivity index is 1.45. The molecule has 2 aromatic heterocycles. The minimum atomic E-state index is -0.518. The van der Waals surface area contributed by atoms with Gasteiger partial charge in [0, 0.05) is 0 Å². The number of ether oxygens (including phenoxy) is 1. The quantitative estimate of drug-likeness (QED) is 0.639. The number of para-hydroxylation sites is 1. The summed E-state index contributed by atoms with van der Waals surface area (Å²) in [6.45, 7) is 0.615. The van der Waals surface area contributed by atoms with Gasteiger partial charge >= 0.3 is 6.01 Å². The number of carbonyl (C=O) groups is 2. The van der Waals surface area contributed by atoms with E-state index >= 15 is 0 Å². The molecule has 2 N–H and O–H groups in total. The molecule has 0 fully saturated rings. The smallest absolute Gasteiger partial charge is 0.302 e. The van der Waals surface area contributed by atoms with E-state index in [0.717, 1.165) is 12.0 Å². The summed E-state index contributed by atoms with van der Waals surface area (Å²) in [5.41, 5.74) is 0.0504. The Morgan fingerprint density at radius 3 is 2.64 bits per heavy atom. The summed E-state index contributed by atoms with van der Waals surface area (Å²) < 4.78 is 15.5. The van der Waals surface area contributed by atoms with Gasteiger partial charge in [0.05, 0.1) is 12.8 Å². The van der Waals surface area contributed by atoms with Crippen molar-refractivity contribution in [3.05, 3.63) is 66.4 Å². The molecule has 0 aliphatic carbocycles. The van der Waals surface area contributed by atoms with Crippen molar-refractivity contribution in [1.82, 2.24) is 10.3 Å². The average Bonchev–Trinajstić information content (AvgIpc) is 3.31. The highest BCUT2D eigenvalue weighted by molar-refractivity contribution is 6.01. The number of hydrogen-bond acceptors (Lipinski definition) is 6. The molecule has 0 unspecified atom stereocenters. The van der Waals surface area contributed by atoms with Crippen LogP contribution in [0.1, 0.15) is 21.0 Å². The zero-order chi connectivity index (χ0) is 17.5. The summed E-state index contributed by atoms with van der Waals surface area (Å²) in [6.07, 6.45) is 2.53. The van der Waals surface area contributed by atoms with Crippen LogP contribution in [0.5, 0.6) is 5.75 Å². The molecule has 0 aliphatic rings. The van der Waals surface area contributed by atoms with Gasteiger partial charge in [-0.05, 0) is 24.3 Å². The molecule has 0 saturated heterocycles. The number of nitrogens with zero attached hydrogens (tertiary/aromatic N) is 1. The van der Waals surface area contributed by atoms with Crippen molar-refractivity contribution in [3.63, 3.8) is 0 Å². The Morgan fingerprint density at radius 2 is 1.88 bits per heavy atom. The third kappa shape index (κ3) is 4.47. The van der Waals surface area contributed by atoms with E-state index in [1.165, 1.54) is 12.3 Å². The minimum Gasteiger partial charge on any atom is -0.492 e. The first-order valence-corrected chi connectivity index (χ1v) is 7.49. The SMILES string of the molecule is O=C(NCCOc1ccccc1)c1coc(NC(=O)c2ccco2)n1. The standard InChI is InChI=1S/C17H15N3O5/c21-15(18-8-10-23-12-5-2-1-3-6-12)13-11-25-17(19-13)20-16(22)14-7-4-9-24-14/h1-7,9,11H,8,10H2,(H,18,21)(H,19,20,22). The Morgan fingerprint density at radius 1 is 1.04 bits per heavy atom. The molecule has 25 heavy (non-hydrogen) atoms. The molecular formula is C17H15N3O5. The topological polar surface area (TPSA) is 107 Å². The fourth-order valence-electron chi connectivity index (χ4n) is 1.94. The van der Waals surface area contributed by atoms with Gasteiger partial charge in [0.2, 0.25) is 0 Å². The van der Waals surface area contributed by atoms with Gasteiger partial charge in [0.1, 0.15) is 18.6 Å². The van der Waals surface area contributed by atoms with Crippen LogP contribution in [0.4, 0.5) is 6.01 Å². The van der Waals surface area contributed by atoms with Crippen LogP contribution >= 0.6 is 0 Å². The molecule has 0 saturated carbocycles. The van der Waals surface area contributed by atoms with Crippen molar-refractivity contribution in [1.29, 1.82) is 0 Å². The number of oxazole rings is 1. The second-order valence-corrected chi connectivity index (χ2v) is 4.89. The molecule has 3 rings (SSSR count). The van der Waals surface area contributed by atoms with Gasteiger partial charge in [-0.25, -0.2) is 0 Å². The Kier molecular flexibility index (Phi) is 5.10. The van der Waals surface area contributed by atoms with Gasteiger partial charge in [-0.15, -0.1) is 0 Å². The molecular weight excluding hydrogens is 326 g/mol. The third-order valence-corrected chi connectivity index (χ3v) is 3.10. The van der Waals surface area contributed by atoms with E-state index in [1.54, 1.807) is 6.07 Å². The molecule has 0 atom stereocenters. The van der Waals surface area contributed by atoms with Gasteiger partial charge in [-0.2, -0.15) is 4.98 Å². The number of nitrogens with one attached hydrogen (secondary N) is 2. The summed E-state index contributed by atoms with van der Waals surface area (Å²) in [7, 11) is 0. The molecule has 0 radical (unpaired) electrons. The zero-order valence-electron chi connectivity index (χ0n) is 13.1. The van der Waals surface area contributed by atoms with Crippen molar-refractivity contribution in [2.75, 3.05) is 18.5 Å².